The Balaban J connectivity index is 1.57. The number of imide groups is 1. The Morgan fingerprint density at radius 3 is 2.09 bits per heavy atom. The molecule has 8 heteroatoms. The van der Waals surface area contributed by atoms with Crippen molar-refractivity contribution in [2.45, 2.75) is 12.6 Å². The molecule has 1 aliphatic rings. The molecular formula is C24H19F2N3O3. The van der Waals surface area contributed by atoms with E-state index in [-0.39, 0.29) is 12.2 Å². The molecule has 32 heavy (non-hydrogen) atoms. The molecule has 0 radical (unpaired) electrons. The molecule has 0 aliphatic carbocycles. The van der Waals surface area contributed by atoms with Gasteiger partial charge in [0.15, 0.2) is 0 Å². The standard InChI is InChI=1S/C24H19F2N3O3/c25-18-11-19(26)13-20(12-18)27-21(30)15-29-23(31)22(17-9-5-2-6-10-17)28(24(29)32)14-16-7-3-1-4-8-16/h1-13,22H,14-15H2,(H,27,30). The van der Waals surface area contributed by atoms with Crippen molar-refractivity contribution in [3.05, 3.63) is 102 Å². The zero-order chi connectivity index (χ0) is 22.7. The van der Waals surface area contributed by atoms with Crippen molar-refractivity contribution in [1.29, 1.82) is 0 Å². The van der Waals surface area contributed by atoms with Crippen LogP contribution in [0.2, 0.25) is 0 Å². The number of urea groups is 1. The smallest absolute Gasteiger partial charge is 0.324 e. The van der Waals surface area contributed by atoms with Crippen LogP contribution in [0.3, 0.4) is 0 Å². The molecule has 3 aromatic rings. The maximum atomic E-state index is 13.4. The summed E-state index contributed by atoms with van der Waals surface area (Å²) in [4.78, 5) is 41.0. The van der Waals surface area contributed by atoms with E-state index < -0.39 is 42.1 Å². The van der Waals surface area contributed by atoms with E-state index in [0.29, 0.717) is 11.6 Å². The number of carbonyl (C=O) groups excluding carboxylic acids is 3. The maximum absolute atomic E-state index is 13.4. The highest BCUT2D eigenvalue weighted by atomic mass is 19.1. The van der Waals surface area contributed by atoms with Gasteiger partial charge < -0.3 is 10.2 Å². The summed E-state index contributed by atoms with van der Waals surface area (Å²) < 4.78 is 26.8. The fourth-order valence-electron chi connectivity index (χ4n) is 3.65. The number of halogens is 2. The van der Waals surface area contributed by atoms with Gasteiger partial charge in [-0.25, -0.2) is 13.6 Å². The van der Waals surface area contributed by atoms with Gasteiger partial charge in [0.25, 0.3) is 5.91 Å². The van der Waals surface area contributed by atoms with Crippen molar-refractivity contribution in [3.63, 3.8) is 0 Å². The molecule has 4 amide bonds. The van der Waals surface area contributed by atoms with Crippen LogP contribution >= 0.6 is 0 Å². The third-order valence-electron chi connectivity index (χ3n) is 5.05. The molecule has 0 aromatic heterocycles. The average Bonchev–Trinajstić information content (AvgIpc) is 2.98. The number of nitrogens with zero attached hydrogens (tertiary/aromatic N) is 2. The first-order chi connectivity index (χ1) is 15.4. The molecule has 0 spiro atoms. The van der Waals surface area contributed by atoms with Crippen molar-refractivity contribution in [2.24, 2.45) is 0 Å². The second-order valence-electron chi connectivity index (χ2n) is 7.34. The van der Waals surface area contributed by atoms with Gasteiger partial charge in [0, 0.05) is 18.3 Å². The minimum Gasteiger partial charge on any atom is -0.324 e. The monoisotopic (exact) mass is 435 g/mol. The maximum Gasteiger partial charge on any atom is 0.328 e. The Hall–Kier alpha value is -4.07. The van der Waals surface area contributed by atoms with Crippen LogP contribution in [0.5, 0.6) is 0 Å². The number of hydrogen-bond acceptors (Lipinski definition) is 3. The average molecular weight is 435 g/mol. The van der Waals surface area contributed by atoms with E-state index in [9.17, 15) is 23.2 Å². The third-order valence-corrected chi connectivity index (χ3v) is 5.05. The first kappa shape index (κ1) is 21.2. The van der Waals surface area contributed by atoms with E-state index in [1.807, 2.05) is 30.3 Å². The van der Waals surface area contributed by atoms with Crippen LogP contribution in [0.4, 0.5) is 19.3 Å². The minimum absolute atomic E-state index is 0.104. The molecule has 162 valence electrons. The molecule has 1 aliphatic heterocycles. The van der Waals surface area contributed by atoms with Gasteiger partial charge in [0.1, 0.15) is 24.2 Å². The van der Waals surface area contributed by atoms with Gasteiger partial charge in [-0.3, -0.25) is 14.5 Å². The molecule has 1 saturated heterocycles. The molecule has 1 fully saturated rings. The van der Waals surface area contributed by atoms with Gasteiger partial charge in [0.05, 0.1) is 0 Å². The number of rotatable bonds is 6. The summed E-state index contributed by atoms with van der Waals surface area (Å²) in [6, 6.07) is 19.1. The van der Waals surface area contributed by atoms with Crippen LogP contribution in [0, 0.1) is 11.6 Å². The summed E-state index contributed by atoms with van der Waals surface area (Å²) in [5, 5.41) is 2.33. The van der Waals surface area contributed by atoms with E-state index in [0.717, 1.165) is 22.6 Å². The van der Waals surface area contributed by atoms with E-state index in [1.54, 1.807) is 30.3 Å². The lowest BCUT2D eigenvalue weighted by Crippen LogP contribution is -2.38. The first-order valence-corrected chi connectivity index (χ1v) is 9.89. The summed E-state index contributed by atoms with van der Waals surface area (Å²) in [5.74, 6) is -3.00. The van der Waals surface area contributed by atoms with Crippen LogP contribution in [0.15, 0.2) is 78.9 Å². The van der Waals surface area contributed by atoms with Gasteiger partial charge in [0.2, 0.25) is 5.91 Å². The van der Waals surface area contributed by atoms with Crippen molar-refractivity contribution in [3.8, 4) is 0 Å². The predicted molar refractivity (Wildman–Crippen MR) is 113 cm³/mol. The zero-order valence-electron chi connectivity index (χ0n) is 16.9. The van der Waals surface area contributed by atoms with Gasteiger partial charge >= 0.3 is 6.03 Å². The highest BCUT2D eigenvalue weighted by molar-refractivity contribution is 6.08. The van der Waals surface area contributed by atoms with Crippen LogP contribution in [0.1, 0.15) is 17.2 Å². The summed E-state index contributed by atoms with van der Waals surface area (Å²) in [6.45, 7) is -0.400. The molecule has 0 bridgehead atoms. The minimum atomic E-state index is -0.886. The van der Waals surface area contributed by atoms with Crippen molar-refractivity contribution >= 4 is 23.5 Å². The molecule has 6 nitrogen and oxygen atoms in total. The van der Waals surface area contributed by atoms with Crippen LogP contribution in [-0.2, 0) is 16.1 Å². The SMILES string of the molecule is O=C(CN1C(=O)C(c2ccccc2)N(Cc2ccccc2)C1=O)Nc1cc(F)cc(F)c1. The number of hydrogen-bond donors (Lipinski definition) is 1. The molecule has 1 unspecified atom stereocenters. The first-order valence-electron chi connectivity index (χ1n) is 9.89. The molecule has 0 saturated carbocycles. The highest BCUT2D eigenvalue weighted by Crippen LogP contribution is 2.32. The van der Waals surface area contributed by atoms with E-state index >= 15 is 0 Å². The summed E-state index contributed by atoms with van der Waals surface area (Å²) in [5.41, 5.74) is 1.35. The van der Waals surface area contributed by atoms with Gasteiger partial charge in [-0.15, -0.1) is 0 Å². The lowest BCUT2D eigenvalue weighted by Gasteiger charge is -2.22. The molecule has 1 heterocycles. The Kier molecular flexibility index (Phi) is 5.93. The molecule has 4 rings (SSSR count). The normalized spacial score (nSPS) is 15.9. The fourth-order valence-corrected chi connectivity index (χ4v) is 3.65. The van der Waals surface area contributed by atoms with E-state index in [1.165, 1.54) is 4.90 Å². The van der Waals surface area contributed by atoms with E-state index in [2.05, 4.69) is 5.32 Å². The predicted octanol–water partition coefficient (Wildman–Crippen LogP) is 4.11. The topological polar surface area (TPSA) is 69.7 Å². The second-order valence-corrected chi connectivity index (χ2v) is 7.34. The van der Waals surface area contributed by atoms with Gasteiger partial charge in [-0.1, -0.05) is 60.7 Å². The van der Waals surface area contributed by atoms with Crippen molar-refractivity contribution in [1.82, 2.24) is 9.80 Å². The van der Waals surface area contributed by atoms with Crippen molar-refractivity contribution in [2.75, 3.05) is 11.9 Å². The van der Waals surface area contributed by atoms with Gasteiger partial charge in [-0.05, 0) is 23.3 Å². The number of amides is 4. The lowest BCUT2D eigenvalue weighted by molar-refractivity contribution is -0.131. The molecule has 1 atom stereocenters. The molecule has 3 aromatic carbocycles. The highest BCUT2D eigenvalue weighted by Gasteiger charge is 2.46. The number of benzene rings is 3. The second kappa shape index (κ2) is 8.97. The molecular weight excluding hydrogens is 416 g/mol. The number of carbonyl (C=O) groups is 3. The Morgan fingerprint density at radius 2 is 1.47 bits per heavy atom. The Bertz CT molecular complexity index is 1140. The van der Waals surface area contributed by atoms with Crippen LogP contribution in [0.25, 0.3) is 0 Å². The number of nitrogens with one attached hydrogen (secondary N) is 1. The number of anilines is 1. The van der Waals surface area contributed by atoms with Crippen molar-refractivity contribution < 1.29 is 23.2 Å². The molecule has 1 N–H and O–H groups in total. The fraction of sp³-hybridized carbons (Fsp3) is 0.125. The summed E-state index contributed by atoms with van der Waals surface area (Å²) >= 11 is 0. The lowest BCUT2D eigenvalue weighted by atomic mass is 10.1. The van der Waals surface area contributed by atoms with E-state index in [4.69, 9.17) is 0 Å². The zero-order valence-corrected chi connectivity index (χ0v) is 16.9. The third kappa shape index (κ3) is 4.49. The van der Waals surface area contributed by atoms with Crippen LogP contribution < -0.4 is 5.32 Å². The largest absolute Gasteiger partial charge is 0.328 e. The summed E-state index contributed by atoms with van der Waals surface area (Å²) in [7, 11) is 0. The quantitative estimate of drug-likeness (QED) is 0.593. The Morgan fingerprint density at radius 1 is 0.875 bits per heavy atom. The Labute approximate surface area is 183 Å². The van der Waals surface area contributed by atoms with Gasteiger partial charge in [-0.2, -0.15) is 0 Å². The summed E-state index contributed by atoms with van der Waals surface area (Å²) in [6.07, 6.45) is 0. The van der Waals surface area contributed by atoms with Crippen LogP contribution in [-0.4, -0.2) is 34.2 Å².